The Balaban J connectivity index is 2.42. The quantitative estimate of drug-likeness (QED) is 0.707. The van der Waals surface area contributed by atoms with Crippen LogP contribution in [0.2, 0.25) is 10.0 Å². The zero-order valence-corrected chi connectivity index (χ0v) is 13.0. The van der Waals surface area contributed by atoms with E-state index >= 15 is 0 Å². The first-order valence-corrected chi connectivity index (χ1v) is 7.81. The van der Waals surface area contributed by atoms with Crippen molar-refractivity contribution in [2.75, 3.05) is 10.5 Å². The van der Waals surface area contributed by atoms with Crippen LogP contribution < -0.4 is 10.5 Å². The molecule has 0 spiro atoms. The average molecular weight is 386 g/mol. The van der Waals surface area contributed by atoms with Gasteiger partial charge in [0.2, 0.25) is 0 Å². The van der Waals surface area contributed by atoms with Crippen LogP contribution in [0.25, 0.3) is 0 Å². The highest BCUT2D eigenvalue weighted by molar-refractivity contribution is 9.10. The van der Waals surface area contributed by atoms with Gasteiger partial charge in [-0.25, -0.2) is 8.42 Å². The number of aromatic amines is 1. The highest BCUT2D eigenvalue weighted by Gasteiger charge is 2.21. The molecule has 1 aromatic carbocycles. The monoisotopic (exact) mass is 384 g/mol. The zero-order valence-electron chi connectivity index (χ0n) is 9.12. The molecule has 0 bridgehead atoms. The minimum atomic E-state index is -3.88. The molecule has 0 aliphatic heterocycles. The van der Waals surface area contributed by atoms with Gasteiger partial charge >= 0.3 is 0 Å². The normalized spacial score (nSPS) is 11.5. The summed E-state index contributed by atoms with van der Waals surface area (Å²) in [7, 11) is -3.88. The van der Waals surface area contributed by atoms with E-state index in [0.29, 0.717) is 4.47 Å². The SMILES string of the molecule is Nc1[nH]ncc1S(=O)(=O)Nc1ccc(Br)c(Cl)c1Cl. The van der Waals surface area contributed by atoms with E-state index in [9.17, 15) is 8.42 Å². The number of sulfonamides is 1. The van der Waals surface area contributed by atoms with Crippen molar-refractivity contribution in [1.82, 2.24) is 10.2 Å². The first-order valence-electron chi connectivity index (χ1n) is 4.78. The smallest absolute Gasteiger partial charge is 0.267 e. The second-order valence-electron chi connectivity index (χ2n) is 3.48. The number of nitrogen functional groups attached to an aromatic ring is 1. The average Bonchev–Trinajstić information content (AvgIpc) is 2.77. The molecule has 10 heteroatoms. The molecule has 0 fully saturated rings. The van der Waals surface area contributed by atoms with Gasteiger partial charge in [0, 0.05) is 4.47 Å². The number of hydrogen-bond acceptors (Lipinski definition) is 4. The van der Waals surface area contributed by atoms with E-state index in [1.54, 1.807) is 6.07 Å². The Hall–Kier alpha value is -0.960. The summed E-state index contributed by atoms with van der Waals surface area (Å²) < 4.78 is 27.0. The molecule has 2 rings (SSSR count). The molecule has 0 unspecified atom stereocenters. The van der Waals surface area contributed by atoms with Crippen LogP contribution in [-0.4, -0.2) is 18.6 Å². The number of nitrogens with one attached hydrogen (secondary N) is 2. The maximum atomic E-state index is 12.1. The number of halogens is 3. The molecule has 0 radical (unpaired) electrons. The Bertz CT molecular complexity index is 732. The first kappa shape index (κ1) is 14.4. The van der Waals surface area contributed by atoms with Crippen molar-refractivity contribution in [3.05, 3.63) is 32.8 Å². The van der Waals surface area contributed by atoms with Crippen LogP contribution in [0.3, 0.4) is 0 Å². The van der Waals surface area contributed by atoms with E-state index in [2.05, 4.69) is 30.8 Å². The number of anilines is 2. The van der Waals surface area contributed by atoms with Gasteiger partial charge in [0.25, 0.3) is 10.0 Å². The largest absolute Gasteiger partial charge is 0.383 e. The van der Waals surface area contributed by atoms with Crippen molar-refractivity contribution in [3.63, 3.8) is 0 Å². The van der Waals surface area contributed by atoms with Gasteiger partial charge in [0.1, 0.15) is 10.7 Å². The lowest BCUT2D eigenvalue weighted by Crippen LogP contribution is -2.14. The van der Waals surface area contributed by atoms with Gasteiger partial charge in [0.05, 0.1) is 21.9 Å². The van der Waals surface area contributed by atoms with Gasteiger partial charge in [-0.3, -0.25) is 9.82 Å². The molecule has 4 N–H and O–H groups in total. The van der Waals surface area contributed by atoms with Crippen molar-refractivity contribution in [2.45, 2.75) is 4.90 Å². The second kappa shape index (κ2) is 5.20. The molecular weight excluding hydrogens is 379 g/mol. The summed E-state index contributed by atoms with van der Waals surface area (Å²) in [6.07, 6.45) is 1.10. The number of H-pyrrole nitrogens is 1. The van der Waals surface area contributed by atoms with Gasteiger partial charge in [-0.15, -0.1) is 0 Å². The highest BCUT2D eigenvalue weighted by Crippen LogP contribution is 2.36. The molecule has 1 aromatic heterocycles. The molecule has 0 aliphatic rings. The Morgan fingerprint density at radius 2 is 2.00 bits per heavy atom. The van der Waals surface area contributed by atoms with Crippen molar-refractivity contribution in [2.24, 2.45) is 0 Å². The Morgan fingerprint density at radius 3 is 2.58 bits per heavy atom. The Morgan fingerprint density at radius 1 is 1.32 bits per heavy atom. The maximum absolute atomic E-state index is 12.1. The van der Waals surface area contributed by atoms with Crippen LogP contribution in [-0.2, 0) is 10.0 Å². The van der Waals surface area contributed by atoms with Crippen molar-refractivity contribution < 1.29 is 8.42 Å². The van der Waals surface area contributed by atoms with E-state index in [4.69, 9.17) is 28.9 Å². The number of nitrogens with two attached hydrogens (primary N) is 1. The minimum absolute atomic E-state index is 0.0631. The summed E-state index contributed by atoms with van der Waals surface area (Å²) in [5.74, 6) is -0.0631. The van der Waals surface area contributed by atoms with Gasteiger partial charge in [-0.1, -0.05) is 23.2 Å². The summed E-state index contributed by atoms with van der Waals surface area (Å²) >= 11 is 15.1. The van der Waals surface area contributed by atoms with Crippen molar-refractivity contribution in [1.29, 1.82) is 0 Å². The molecule has 19 heavy (non-hydrogen) atoms. The second-order valence-corrected chi connectivity index (χ2v) is 6.74. The standard InChI is InChI=1S/C9H7BrCl2N4O2S/c10-4-1-2-5(8(12)7(4)11)16-19(17,18)6-3-14-15-9(6)13/h1-3,16H,(H3,13,14,15). The number of benzene rings is 1. The van der Waals surface area contributed by atoms with Gasteiger partial charge < -0.3 is 5.73 Å². The molecule has 0 aliphatic carbocycles. The van der Waals surface area contributed by atoms with Crippen LogP contribution in [0.15, 0.2) is 27.7 Å². The third kappa shape index (κ3) is 2.81. The van der Waals surface area contributed by atoms with E-state index in [1.165, 1.54) is 6.07 Å². The molecule has 0 saturated heterocycles. The summed E-state index contributed by atoms with van der Waals surface area (Å²) in [4.78, 5) is -0.164. The lowest BCUT2D eigenvalue weighted by Gasteiger charge is -2.10. The van der Waals surface area contributed by atoms with Crippen molar-refractivity contribution in [3.8, 4) is 0 Å². The first-order chi connectivity index (χ1) is 8.83. The molecule has 0 amide bonds. The van der Waals surface area contributed by atoms with E-state index in [-0.39, 0.29) is 26.4 Å². The lowest BCUT2D eigenvalue weighted by molar-refractivity contribution is 0.601. The summed E-state index contributed by atoms with van der Waals surface area (Å²) in [5, 5.41) is 6.18. The third-order valence-electron chi connectivity index (χ3n) is 2.20. The lowest BCUT2D eigenvalue weighted by atomic mass is 10.3. The Kier molecular flexibility index (Phi) is 3.95. The Labute approximate surface area is 127 Å². The van der Waals surface area contributed by atoms with Gasteiger partial charge in [0.15, 0.2) is 0 Å². The molecule has 102 valence electrons. The zero-order chi connectivity index (χ0) is 14.2. The van der Waals surface area contributed by atoms with Crippen LogP contribution in [0, 0.1) is 0 Å². The molecule has 0 saturated carbocycles. The molecule has 6 nitrogen and oxygen atoms in total. The fourth-order valence-electron chi connectivity index (χ4n) is 1.30. The molecular formula is C9H7BrCl2N4O2S. The predicted octanol–water partition coefficient (Wildman–Crippen LogP) is 2.86. The number of nitrogens with zero attached hydrogens (tertiary/aromatic N) is 1. The molecule has 0 atom stereocenters. The van der Waals surface area contributed by atoms with E-state index in [1.807, 2.05) is 0 Å². The summed E-state index contributed by atoms with van der Waals surface area (Å²) in [6.45, 7) is 0. The third-order valence-corrected chi connectivity index (χ3v) is 5.37. The van der Waals surface area contributed by atoms with Crippen LogP contribution >= 0.6 is 39.1 Å². The maximum Gasteiger partial charge on any atom is 0.267 e. The molecule has 1 heterocycles. The van der Waals surface area contributed by atoms with Gasteiger partial charge in [-0.05, 0) is 28.1 Å². The molecule has 2 aromatic rings. The fraction of sp³-hybridized carbons (Fsp3) is 0. The highest BCUT2D eigenvalue weighted by atomic mass is 79.9. The minimum Gasteiger partial charge on any atom is -0.383 e. The topological polar surface area (TPSA) is 101 Å². The van der Waals surface area contributed by atoms with Crippen LogP contribution in [0.1, 0.15) is 0 Å². The number of aromatic nitrogens is 2. The van der Waals surface area contributed by atoms with Crippen LogP contribution in [0.4, 0.5) is 11.5 Å². The summed E-state index contributed by atoms with van der Waals surface area (Å²) in [5.41, 5.74) is 5.62. The predicted molar refractivity (Wildman–Crippen MR) is 78.0 cm³/mol. The number of rotatable bonds is 3. The summed E-state index contributed by atoms with van der Waals surface area (Å²) in [6, 6.07) is 3.05. The van der Waals surface area contributed by atoms with Crippen molar-refractivity contribution >= 4 is 60.7 Å². The van der Waals surface area contributed by atoms with Crippen LogP contribution in [0.5, 0.6) is 0 Å². The van der Waals surface area contributed by atoms with E-state index < -0.39 is 10.0 Å². The number of hydrogen-bond donors (Lipinski definition) is 3. The van der Waals surface area contributed by atoms with Gasteiger partial charge in [-0.2, -0.15) is 5.10 Å². The fourth-order valence-corrected chi connectivity index (χ4v) is 3.28. The van der Waals surface area contributed by atoms with E-state index in [0.717, 1.165) is 6.20 Å².